The van der Waals surface area contributed by atoms with E-state index < -0.39 is 11.7 Å². The van der Waals surface area contributed by atoms with Crippen molar-refractivity contribution >= 4 is 23.9 Å². The van der Waals surface area contributed by atoms with Crippen molar-refractivity contribution in [2.45, 2.75) is 65.4 Å². The van der Waals surface area contributed by atoms with Crippen molar-refractivity contribution in [1.82, 2.24) is 30.2 Å². The number of carbonyl (C=O) groups is 1. The highest BCUT2D eigenvalue weighted by Gasteiger charge is 2.30. The number of alkyl carbamates (subject to hydrolysis) is 1. The number of rotatable bonds is 6. The average molecular weight is 538 g/mol. The second-order valence-electron chi connectivity index (χ2n) is 10.8. The summed E-state index contributed by atoms with van der Waals surface area (Å²) in [5.74, 6) is 1.87. The van der Waals surface area contributed by atoms with Gasteiger partial charge >= 0.3 is 6.09 Å². The summed E-state index contributed by atoms with van der Waals surface area (Å²) in [6.07, 6.45) is 3.45. The van der Waals surface area contributed by atoms with Crippen LogP contribution in [-0.2, 0) is 23.5 Å². The Bertz CT molecular complexity index is 1360. The van der Waals surface area contributed by atoms with Crippen LogP contribution >= 0.6 is 11.9 Å². The van der Waals surface area contributed by atoms with Crippen LogP contribution in [-0.4, -0.2) is 69.2 Å². The Labute approximate surface area is 227 Å². The predicted octanol–water partition coefficient (Wildman–Crippen LogP) is 4.13. The van der Waals surface area contributed by atoms with E-state index in [0.29, 0.717) is 23.8 Å². The molecule has 1 N–H and O–H groups in total. The van der Waals surface area contributed by atoms with Gasteiger partial charge in [0.05, 0.1) is 18.5 Å². The largest absolute Gasteiger partial charge is 0.496 e. The van der Waals surface area contributed by atoms with Crippen LogP contribution in [0.3, 0.4) is 0 Å². The molecule has 10 nitrogen and oxygen atoms in total. The molecule has 0 saturated carbocycles. The number of amidine groups is 1. The van der Waals surface area contributed by atoms with Crippen molar-refractivity contribution in [3.63, 3.8) is 0 Å². The molecule has 0 aromatic carbocycles. The summed E-state index contributed by atoms with van der Waals surface area (Å²) in [5, 5.41) is 12.6. The zero-order valence-electron chi connectivity index (χ0n) is 22.9. The van der Waals surface area contributed by atoms with E-state index in [2.05, 4.69) is 25.7 Å². The normalized spacial score (nSPS) is 15.6. The number of carbonyl (C=O) groups excluding carboxylic acids is 1. The van der Waals surface area contributed by atoms with E-state index in [0.717, 1.165) is 59.9 Å². The molecule has 202 valence electrons. The summed E-state index contributed by atoms with van der Waals surface area (Å²) in [6, 6.07) is 2.17. The molecular weight excluding hydrogens is 502 g/mol. The molecule has 4 heterocycles. The van der Waals surface area contributed by atoms with Crippen LogP contribution in [0.2, 0.25) is 0 Å². The molecule has 1 fully saturated rings. The summed E-state index contributed by atoms with van der Waals surface area (Å²) < 4.78 is 15.8. The number of nitrogens with one attached hydrogen (secondary N) is 1. The number of aromatic nitrogens is 4. The number of likely N-dealkylation sites (tertiary alicyclic amines) is 1. The van der Waals surface area contributed by atoms with Crippen LogP contribution < -0.4 is 10.1 Å². The maximum Gasteiger partial charge on any atom is 0.413 e. The SMILES string of the molecule is COc1c(C)cnc(Cn2nc3cc(CCN4CCC4)c4c-3c(n2)C(NC(=O)OC(C)(C)C)=NSC4)c1C. The van der Waals surface area contributed by atoms with Gasteiger partial charge in [0, 0.05) is 35.2 Å². The first kappa shape index (κ1) is 26.4. The van der Waals surface area contributed by atoms with Crippen LogP contribution in [0.1, 0.15) is 60.8 Å². The lowest BCUT2D eigenvalue weighted by molar-refractivity contribution is 0.0563. The Morgan fingerprint density at radius 3 is 2.68 bits per heavy atom. The number of pyridine rings is 1. The number of nitrogens with zero attached hydrogens (tertiary/aromatic N) is 6. The molecule has 1 aromatic heterocycles. The number of aryl methyl sites for hydroxylation is 1. The molecule has 5 rings (SSSR count). The molecule has 4 aliphatic rings. The highest BCUT2D eigenvalue weighted by Crippen LogP contribution is 2.38. The molecule has 0 radical (unpaired) electrons. The van der Waals surface area contributed by atoms with Crippen molar-refractivity contribution in [3.05, 3.63) is 45.9 Å². The number of hydrogen-bond donors (Lipinski definition) is 1. The van der Waals surface area contributed by atoms with E-state index in [1.165, 1.54) is 29.5 Å². The first-order valence-corrected chi connectivity index (χ1v) is 13.9. The van der Waals surface area contributed by atoms with Gasteiger partial charge in [0.2, 0.25) is 0 Å². The third kappa shape index (κ3) is 5.49. The molecule has 1 amide bonds. The molecule has 0 spiro atoms. The minimum absolute atomic E-state index is 0.349. The predicted molar refractivity (Wildman–Crippen MR) is 148 cm³/mol. The van der Waals surface area contributed by atoms with Crippen LogP contribution in [0.5, 0.6) is 5.75 Å². The van der Waals surface area contributed by atoms with Crippen molar-refractivity contribution in [3.8, 4) is 17.0 Å². The van der Waals surface area contributed by atoms with Gasteiger partial charge in [0.15, 0.2) is 5.84 Å². The third-order valence-corrected chi connectivity index (χ3v) is 7.56. The van der Waals surface area contributed by atoms with Gasteiger partial charge in [-0.3, -0.25) is 10.3 Å². The highest BCUT2D eigenvalue weighted by molar-refractivity contribution is 7.97. The van der Waals surface area contributed by atoms with Gasteiger partial charge in [-0.2, -0.15) is 19.4 Å². The fraction of sp³-hybridized carbons (Fsp3) is 0.519. The fourth-order valence-corrected chi connectivity index (χ4v) is 5.64. The van der Waals surface area contributed by atoms with E-state index in [1.807, 2.05) is 34.6 Å². The molecule has 0 unspecified atom stereocenters. The van der Waals surface area contributed by atoms with Gasteiger partial charge in [0.25, 0.3) is 0 Å². The first-order chi connectivity index (χ1) is 18.1. The van der Waals surface area contributed by atoms with Crippen molar-refractivity contribution in [2.75, 3.05) is 26.7 Å². The van der Waals surface area contributed by atoms with Crippen LogP contribution in [0.4, 0.5) is 4.79 Å². The Kier molecular flexibility index (Phi) is 7.32. The van der Waals surface area contributed by atoms with Crippen molar-refractivity contribution in [1.29, 1.82) is 0 Å². The molecule has 38 heavy (non-hydrogen) atoms. The van der Waals surface area contributed by atoms with Crippen molar-refractivity contribution in [2.24, 2.45) is 4.40 Å². The maximum atomic E-state index is 12.7. The fourth-order valence-electron chi connectivity index (χ4n) is 4.85. The summed E-state index contributed by atoms with van der Waals surface area (Å²) >= 11 is 1.40. The van der Waals surface area contributed by atoms with Gasteiger partial charge < -0.3 is 14.4 Å². The lowest BCUT2D eigenvalue weighted by Gasteiger charge is -2.30. The van der Waals surface area contributed by atoms with Crippen molar-refractivity contribution < 1.29 is 14.3 Å². The van der Waals surface area contributed by atoms with E-state index in [1.54, 1.807) is 18.1 Å². The Morgan fingerprint density at radius 1 is 1.21 bits per heavy atom. The van der Waals surface area contributed by atoms with E-state index in [-0.39, 0.29) is 0 Å². The standard InChI is InChI=1S/C27H35N7O3S/c1-16-13-28-21(17(2)24(16)36-6)14-34-30-20-12-18(8-11-33-9-7-10-33)19-15-38-32-25(23(31-34)22(19)20)29-26(35)37-27(3,4)5/h12-13H,7-11,14-15H2,1-6H3,(H,29,32,35). The number of methoxy groups -OCH3 is 1. The first-order valence-electron chi connectivity index (χ1n) is 12.9. The molecule has 1 aromatic rings. The summed E-state index contributed by atoms with van der Waals surface area (Å²) in [7, 11) is 1.67. The molecule has 1 aliphatic carbocycles. The minimum Gasteiger partial charge on any atom is -0.496 e. The number of amides is 1. The summed E-state index contributed by atoms with van der Waals surface area (Å²) in [5.41, 5.74) is 6.91. The Hall–Kier alpha value is -3.18. The molecule has 0 bridgehead atoms. The third-order valence-electron chi connectivity index (χ3n) is 6.83. The zero-order chi connectivity index (χ0) is 27.0. The molecule has 1 saturated heterocycles. The van der Waals surface area contributed by atoms with E-state index in [4.69, 9.17) is 19.7 Å². The number of ether oxygens (including phenoxy) is 2. The summed E-state index contributed by atoms with van der Waals surface area (Å²) in [4.78, 5) is 21.4. The van der Waals surface area contributed by atoms with Gasteiger partial charge in [-0.15, -0.1) is 0 Å². The molecule has 11 heteroatoms. The number of hydrogen-bond acceptors (Lipinski definition) is 9. The van der Waals surface area contributed by atoms with Crippen LogP contribution in [0.15, 0.2) is 16.7 Å². The summed E-state index contributed by atoms with van der Waals surface area (Å²) in [6.45, 7) is 13.2. The molecule has 3 aliphatic heterocycles. The van der Waals surface area contributed by atoms with Gasteiger partial charge in [0.1, 0.15) is 23.6 Å². The topological polar surface area (TPSA) is 107 Å². The zero-order valence-corrected chi connectivity index (χ0v) is 23.7. The second-order valence-corrected chi connectivity index (χ2v) is 11.5. The quantitative estimate of drug-likeness (QED) is 0.468. The molecule has 0 atom stereocenters. The average Bonchev–Trinajstić information content (AvgIpc) is 3.04. The lowest BCUT2D eigenvalue weighted by atomic mass is 10.1. The Morgan fingerprint density at radius 2 is 2.00 bits per heavy atom. The molecular formula is C27H35N7O3S. The maximum absolute atomic E-state index is 12.7. The second kappa shape index (κ2) is 10.5. The lowest BCUT2D eigenvalue weighted by Crippen LogP contribution is -2.38. The Balaban J connectivity index is 1.55. The van der Waals surface area contributed by atoms with Crippen LogP contribution in [0.25, 0.3) is 11.3 Å². The monoisotopic (exact) mass is 537 g/mol. The van der Waals surface area contributed by atoms with E-state index >= 15 is 0 Å². The minimum atomic E-state index is -0.632. The highest BCUT2D eigenvalue weighted by atomic mass is 32.2. The van der Waals surface area contributed by atoms with Gasteiger partial charge in [-0.05, 0) is 89.7 Å². The van der Waals surface area contributed by atoms with Crippen LogP contribution in [0, 0.1) is 13.8 Å². The smallest absolute Gasteiger partial charge is 0.413 e. The van der Waals surface area contributed by atoms with Gasteiger partial charge in [-0.25, -0.2) is 4.79 Å². The van der Waals surface area contributed by atoms with E-state index in [9.17, 15) is 4.79 Å². The van der Waals surface area contributed by atoms with Gasteiger partial charge in [-0.1, -0.05) is 0 Å².